The molecular formula is C23H24N2O2. The first-order chi connectivity index (χ1) is 13.1. The van der Waals surface area contributed by atoms with E-state index in [0.29, 0.717) is 0 Å². The summed E-state index contributed by atoms with van der Waals surface area (Å²) in [7, 11) is 0. The van der Waals surface area contributed by atoms with Gasteiger partial charge in [0.1, 0.15) is 0 Å². The lowest BCUT2D eigenvalue weighted by Gasteiger charge is -2.33. The molecule has 1 aliphatic carbocycles. The summed E-state index contributed by atoms with van der Waals surface area (Å²) < 4.78 is 0. The average molecular weight is 360 g/mol. The summed E-state index contributed by atoms with van der Waals surface area (Å²) in [6.07, 6.45) is 7.10. The van der Waals surface area contributed by atoms with Crippen LogP contribution in [0.5, 0.6) is 0 Å². The molecule has 0 aromatic heterocycles. The van der Waals surface area contributed by atoms with Gasteiger partial charge in [-0.15, -0.1) is 0 Å². The third-order valence-electron chi connectivity index (χ3n) is 5.55. The summed E-state index contributed by atoms with van der Waals surface area (Å²) in [5, 5.41) is 3.21. The van der Waals surface area contributed by atoms with Gasteiger partial charge in [-0.3, -0.25) is 9.59 Å². The normalized spacial score (nSPS) is 20.6. The number of nitrogens with one attached hydrogen (secondary N) is 1. The number of carbonyl (C=O) groups excluding carboxylic acids is 2. The van der Waals surface area contributed by atoms with Gasteiger partial charge in [0, 0.05) is 13.1 Å². The average Bonchev–Trinajstić information content (AvgIpc) is 2.68. The molecule has 0 saturated carbocycles. The van der Waals surface area contributed by atoms with Crippen LogP contribution in [0, 0.1) is 0 Å². The number of carbonyl (C=O) groups is 2. The van der Waals surface area contributed by atoms with Gasteiger partial charge in [0.25, 0.3) is 0 Å². The van der Waals surface area contributed by atoms with Crippen molar-refractivity contribution < 1.29 is 9.59 Å². The van der Waals surface area contributed by atoms with Gasteiger partial charge in [-0.2, -0.15) is 0 Å². The summed E-state index contributed by atoms with van der Waals surface area (Å²) in [4.78, 5) is 26.7. The molecule has 0 radical (unpaired) electrons. The quantitative estimate of drug-likeness (QED) is 0.894. The molecule has 0 saturated heterocycles. The van der Waals surface area contributed by atoms with Gasteiger partial charge in [0.2, 0.25) is 11.8 Å². The molecule has 2 aromatic carbocycles. The van der Waals surface area contributed by atoms with Crippen molar-refractivity contribution in [1.29, 1.82) is 0 Å². The Morgan fingerprint density at radius 3 is 2.63 bits per heavy atom. The van der Waals surface area contributed by atoms with E-state index in [9.17, 15) is 9.59 Å². The van der Waals surface area contributed by atoms with Gasteiger partial charge in [-0.1, -0.05) is 48.5 Å². The zero-order chi connectivity index (χ0) is 18.8. The molecule has 4 heteroatoms. The van der Waals surface area contributed by atoms with Gasteiger partial charge in [-0.25, -0.2) is 0 Å². The standard InChI is InChI=1S/C23H24N2O2/c1-16(26)25-14-13-18-8-3-5-11-20(18)22(25)15-23(27)24-21-12-6-9-17-7-2-4-10-19(17)21/h2-5,7-8,10-11,13-14,21-22H,6,9,12,15H2,1H3,(H,24,27)/t21-,22-/m1/s1. The fraction of sp³-hybridized carbons (Fsp3) is 0.304. The highest BCUT2D eigenvalue weighted by molar-refractivity contribution is 5.82. The van der Waals surface area contributed by atoms with Crippen LogP contribution in [-0.2, 0) is 16.0 Å². The maximum atomic E-state index is 12.9. The van der Waals surface area contributed by atoms with Gasteiger partial charge in [-0.05, 0) is 47.6 Å². The van der Waals surface area contributed by atoms with Crippen molar-refractivity contribution in [1.82, 2.24) is 10.2 Å². The Balaban J connectivity index is 1.54. The highest BCUT2D eigenvalue weighted by Crippen LogP contribution is 2.34. The molecule has 2 aromatic rings. The summed E-state index contributed by atoms with van der Waals surface area (Å²) in [5.74, 6) is -0.0698. The molecule has 138 valence electrons. The topological polar surface area (TPSA) is 49.4 Å². The Bertz CT molecular complexity index is 903. The van der Waals surface area contributed by atoms with Crippen LogP contribution in [0.4, 0.5) is 0 Å². The van der Waals surface area contributed by atoms with Gasteiger partial charge < -0.3 is 10.2 Å². The fourth-order valence-electron chi connectivity index (χ4n) is 4.25. The van der Waals surface area contributed by atoms with Gasteiger partial charge in [0.15, 0.2) is 0 Å². The van der Waals surface area contributed by atoms with Crippen molar-refractivity contribution in [2.24, 2.45) is 0 Å². The predicted octanol–water partition coefficient (Wildman–Crippen LogP) is 4.14. The SMILES string of the molecule is CC(=O)N1C=Cc2ccccc2[C@H]1CC(=O)N[C@@H]1CCCc2ccccc21. The van der Waals surface area contributed by atoms with Crippen LogP contribution in [0.1, 0.15) is 60.5 Å². The first-order valence-corrected chi connectivity index (χ1v) is 9.56. The fourth-order valence-corrected chi connectivity index (χ4v) is 4.25. The molecule has 2 atom stereocenters. The second-order valence-corrected chi connectivity index (χ2v) is 7.30. The summed E-state index contributed by atoms with van der Waals surface area (Å²) in [6, 6.07) is 16.1. The molecule has 27 heavy (non-hydrogen) atoms. The molecule has 2 aliphatic rings. The monoisotopic (exact) mass is 360 g/mol. The van der Waals surface area contributed by atoms with Crippen LogP contribution >= 0.6 is 0 Å². The predicted molar refractivity (Wildman–Crippen MR) is 106 cm³/mol. The molecule has 0 bridgehead atoms. The van der Waals surface area contributed by atoms with Crippen LogP contribution in [0.2, 0.25) is 0 Å². The lowest BCUT2D eigenvalue weighted by molar-refractivity contribution is -0.130. The van der Waals surface area contributed by atoms with E-state index in [-0.39, 0.29) is 30.3 Å². The Hall–Kier alpha value is -2.88. The first kappa shape index (κ1) is 17.5. The van der Waals surface area contributed by atoms with Crippen LogP contribution in [0.25, 0.3) is 6.08 Å². The van der Waals surface area contributed by atoms with Gasteiger partial charge in [0.05, 0.1) is 18.5 Å². The Labute approximate surface area is 159 Å². The molecule has 1 aliphatic heterocycles. The minimum absolute atomic E-state index is 0.0157. The zero-order valence-corrected chi connectivity index (χ0v) is 15.5. The molecule has 1 N–H and O–H groups in total. The van der Waals surface area contributed by atoms with E-state index >= 15 is 0 Å². The van der Waals surface area contributed by atoms with Crippen LogP contribution in [-0.4, -0.2) is 16.7 Å². The first-order valence-electron chi connectivity index (χ1n) is 9.56. The Morgan fingerprint density at radius 2 is 1.81 bits per heavy atom. The van der Waals surface area contributed by atoms with E-state index in [2.05, 4.69) is 23.5 Å². The minimum Gasteiger partial charge on any atom is -0.349 e. The van der Waals surface area contributed by atoms with E-state index in [4.69, 9.17) is 0 Å². The van der Waals surface area contributed by atoms with Crippen LogP contribution < -0.4 is 5.32 Å². The molecule has 4 nitrogen and oxygen atoms in total. The number of hydrogen-bond acceptors (Lipinski definition) is 2. The van der Waals surface area contributed by atoms with E-state index in [1.54, 1.807) is 18.0 Å². The highest BCUT2D eigenvalue weighted by atomic mass is 16.2. The maximum Gasteiger partial charge on any atom is 0.223 e. The number of aryl methyl sites for hydroxylation is 1. The highest BCUT2D eigenvalue weighted by Gasteiger charge is 2.29. The largest absolute Gasteiger partial charge is 0.349 e. The molecule has 4 rings (SSSR count). The summed E-state index contributed by atoms with van der Waals surface area (Å²) >= 11 is 0. The van der Waals surface area contributed by atoms with Gasteiger partial charge >= 0.3 is 0 Å². The molecular weight excluding hydrogens is 336 g/mol. The van der Waals surface area contributed by atoms with Crippen molar-refractivity contribution in [2.75, 3.05) is 0 Å². The zero-order valence-electron chi connectivity index (χ0n) is 15.5. The molecule has 2 amide bonds. The number of nitrogens with zero attached hydrogens (tertiary/aromatic N) is 1. The second-order valence-electron chi connectivity index (χ2n) is 7.30. The second kappa shape index (κ2) is 7.39. The Kier molecular flexibility index (Phi) is 4.80. The van der Waals surface area contributed by atoms with Crippen molar-refractivity contribution in [3.8, 4) is 0 Å². The third kappa shape index (κ3) is 3.52. The smallest absolute Gasteiger partial charge is 0.223 e. The van der Waals surface area contributed by atoms with Crippen LogP contribution in [0.15, 0.2) is 54.7 Å². The van der Waals surface area contributed by atoms with Crippen molar-refractivity contribution in [3.05, 3.63) is 77.0 Å². The van der Waals surface area contributed by atoms with E-state index < -0.39 is 0 Å². The third-order valence-corrected chi connectivity index (χ3v) is 5.55. The van der Waals surface area contributed by atoms with E-state index in [1.807, 2.05) is 36.4 Å². The number of fused-ring (bicyclic) bond motifs is 2. The minimum atomic E-state index is -0.262. The lowest BCUT2D eigenvalue weighted by Crippen LogP contribution is -2.37. The van der Waals surface area contributed by atoms with Crippen molar-refractivity contribution >= 4 is 17.9 Å². The summed E-state index contributed by atoms with van der Waals surface area (Å²) in [5.41, 5.74) is 4.64. The Morgan fingerprint density at radius 1 is 1.07 bits per heavy atom. The van der Waals surface area contributed by atoms with Crippen LogP contribution in [0.3, 0.4) is 0 Å². The number of hydrogen-bond donors (Lipinski definition) is 1. The number of benzene rings is 2. The molecule has 0 fully saturated rings. The molecule has 0 unspecified atom stereocenters. The molecule has 0 spiro atoms. The number of amides is 2. The van der Waals surface area contributed by atoms with E-state index in [0.717, 1.165) is 30.4 Å². The van der Waals surface area contributed by atoms with Crippen molar-refractivity contribution in [2.45, 2.75) is 44.7 Å². The maximum absolute atomic E-state index is 12.9. The summed E-state index contributed by atoms with van der Waals surface area (Å²) in [6.45, 7) is 1.54. The number of rotatable bonds is 3. The van der Waals surface area contributed by atoms with E-state index in [1.165, 1.54) is 11.1 Å². The lowest BCUT2D eigenvalue weighted by atomic mass is 9.87. The van der Waals surface area contributed by atoms with Crippen molar-refractivity contribution in [3.63, 3.8) is 0 Å². The molecule has 1 heterocycles.